The summed E-state index contributed by atoms with van der Waals surface area (Å²) in [5, 5.41) is 22.4. The summed E-state index contributed by atoms with van der Waals surface area (Å²) in [5.74, 6) is -1.43. The largest absolute Gasteiger partial charge is 0.480 e. The van der Waals surface area contributed by atoms with Crippen LogP contribution in [-0.4, -0.2) is 65.5 Å². The Morgan fingerprint density at radius 2 is 1.76 bits per heavy atom. The standard InChI is InChI=1S/C26H39N7O5/c1-15(2)14-20(30-26(37)33(6)18-11-9-16(3)10-12-18)23-31-21(17(4)38-23)22(34)29-19(24(35)36)8-7-13-32(5)25(27)28/h9-12,15,19-20H,7-8,13-14H2,1-6H3,(H3,27,28)(H,29,34)(H,30,37)(H,35,36)/t19-,20-/m0/s1. The Labute approximate surface area is 223 Å². The number of aliphatic carboxylic acids is 1. The molecule has 0 saturated heterocycles. The number of nitrogens with two attached hydrogens (primary N) is 1. The van der Waals surface area contributed by atoms with Crippen LogP contribution in [0.2, 0.25) is 0 Å². The van der Waals surface area contributed by atoms with Gasteiger partial charge in [-0.2, -0.15) is 0 Å². The number of rotatable bonds is 12. The molecule has 12 nitrogen and oxygen atoms in total. The second-order valence-electron chi connectivity index (χ2n) is 9.80. The van der Waals surface area contributed by atoms with Gasteiger partial charge in [0.25, 0.3) is 5.91 Å². The summed E-state index contributed by atoms with van der Waals surface area (Å²) in [5.41, 5.74) is 7.16. The Balaban J connectivity index is 2.15. The fraction of sp³-hybridized carbons (Fsp3) is 0.500. The van der Waals surface area contributed by atoms with E-state index in [0.717, 1.165) is 5.56 Å². The van der Waals surface area contributed by atoms with E-state index in [2.05, 4.69) is 15.6 Å². The molecule has 1 aromatic carbocycles. The van der Waals surface area contributed by atoms with Crippen molar-refractivity contribution < 1.29 is 23.9 Å². The topological polar surface area (TPSA) is 178 Å². The third-order valence-corrected chi connectivity index (χ3v) is 6.06. The molecule has 38 heavy (non-hydrogen) atoms. The minimum atomic E-state index is -1.19. The molecule has 0 aliphatic heterocycles. The van der Waals surface area contributed by atoms with Crippen molar-refractivity contribution in [3.63, 3.8) is 0 Å². The number of nitrogens with one attached hydrogen (secondary N) is 3. The molecule has 6 N–H and O–H groups in total. The first-order chi connectivity index (χ1) is 17.8. The molecule has 0 spiro atoms. The number of carbonyl (C=O) groups is 3. The maximum absolute atomic E-state index is 13.0. The van der Waals surface area contributed by atoms with Gasteiger partial charge < -0.3 is 30.8 Å². The number of amides is 3. The second kappa shape index (κ2) is 13.5. The quantitative estimate of drug-likeness (QED) is 0.206. The number of aryl methyl sites for hydroxylation is 2. The number of nitrogens with zero attached hydrogens (tertiary/aromatic N) is 3. The fourth-order valence-electron chi connectivity index (χ4n) is 3.74. The van der Waals surface area contributed by atoms with Crippen LogP contribution in [0.1, 0.15) is 66.9 Å². The average Bonchev–Trinajstić information content (AvgIpc) is 3.23. The molecule has 0 fully saturated rings. The Bertz CT molecular complexity index is 1130. The van der Waals surface area contributed by atoms with E-state index in [9.17, 15) is 19.5 Å². The van der Waals surface area contributed by atoms with Crippen molar-refractivity contribution in [2.45, 2.75) is 59.0 Å². The molecule has 2 atom stereocenters. The van der Waals surface area contributed by atoms with Crippen molar-refractivity contribution in [2.75, 3.05) is 25.5 Å². The summed E-state index contributed by atoms with van der Waals surface area (Å²) in [6.45, 7) is 7.89. The Hall–Kier alpha value is -4.09. The van der Waals surface area contributed by atoms with Crippen LogP contribution in [0.5, 0.6) is 0 Å². The van der Waals surface area contributed by atoms with E-state index in [1.807, 2.05) is 45.0 Å². The number of urea groups is 1. The van der Waals surface area contributed by atoms with E-state index >= 15 is 0 Å². The molecule has 0 aliphatic rings. The van der Waals surface area contributed by atoms with Gasteiger partial charge >= 0.3 is 12.0 Å². The molecule has 12 heteroatoms. The number of hydrogen-bond acceptors (Lipinski definition) is 6. The van der Waals surface area contributed by atoms with Crippen molar-refractivity contribution in [3.05, 3.63) is 47.2 Å². The summed E-state index contributed by atoms with van der Waals surface area (Å²) in [7, 11) is 3.29. The molecule has 1 heterocycles. The van der Waals surface area contributed by atoms with Crippen molar-refractivity contribution in [2.24, 2.45) is 11.7 Å². The lowest BCUT2D eigenvalue weighted by Gasteiger charge is -2.23. The Kier molecular flexibility index (Phi) is 10.7. The molecule has 0 radical (unpaired) electrons. The lowest BCUT2D eigenvalue weighted by Crippen LogP contribution is -2.42. The van der Waals surface area contributed by atoms with Gasteiger partial charge in [0.15, 0.2) is 11.7 Å². The van der Waals surface area contributed by atoms with Crippen LogP contribution in [0.15, 0.2) is 28.7 Å². The predicted octanol–water partition coefficient (Wildman–Crippen LogP) is 3.01. The Morgan fingerprint density at radius 3 is 2.32 bits per heavy atom. The van der Waals surface area contributed by atoms with Crippen LogP contribution < -0.4 is 21.3 Å². The second-order valence-corrected chi connectivity index (χ2v) is 9.80. The van der Waals surface area contributed by atoms with Crippen LogP contribution in [-0.2, 0) is 4.79 Å². The first-order valence-corrected chi connectivity index (χ1v) is 12.5. The van der Waals surface area contributed by atoms with Crippen LogP contribution in [0.25, 0.3) is 0 Å². The highest BCUT2D eigenvalue weighted by Gasteiger charge is 2.28. The zero-order valence-corrected chi connectivity index (χ0v) is 22.9. The van der Waals surface area contributed by atoms with Crippen LogP contribution in [0.3, 0.4) is 0 Å². The van der Waals surface area contributed by atoms with E-state index in [1.54, 1.807) is 21.0 Å². The van der Waals surface area contributed by atoms with Gasteiger partial charge in [0.05, 0.1) is 0 Å². The SMILES string of the molecule is Cc1ccc(N(C)C(=O)N[C@@H](CC(C)C)c2nc(C(=O)N[C@@H](CCCN(C)C(=N)N)C(=O)O)c(C)o2)cc1. The fourth-order valence-corrected chi connectivity index (χ4v) is 3.74. The van der Waals surface area contributed by atoms with Gasteiger partial charge in [-0.3, -0.25) is 15.1 Å². The van der Waals surface area contributed by atoms with Crippen LogP contribution in [0, 0.1) is 25.2 Å². The molecule has 0 aliphatic carbocycles. The summed E-state index contributed by atoms with van der Waals surface area (Å²) in [4.78, 5) is 45.0. The predicted molar refractivity (Wildman–Crippen MR) is 144 cm³/mol. The van der Waals surface area contributed by atoms with Gasteiger partial charge in [-0.05, 0) is 51.2 Å². The Morgan fingerprint density at radius 1 is 1.13 bits per heavy atom. The molecule has 2 aromatic rings. The smallest absolute Gasteiger partial charge is 0.326 e. The van der Waals surface area contributed by atoms with E-state index in [4.69, 9.17) is 15.6 Å². The number of carboxylic acid groups (broad SMARTS) is 1. The summed E-state index contributed by atoms with van der Waals surface area (Å²) in [6.07, 6.45) is 1.04. The summed E-state index contributed by atoms with van der Waals surface area (Å²) in [6, 6.07) is 5.41. The molecular formula is C26H39N7O5. The highest BCUT2D eigenvalue weighted by molar-refractivity contribution is 5.96. The number of carbonyl (C=O) groups excluding carboxylic acids is 2. The first kappa shape index (κ1) is 30.1. The number of oxazole rings is 1. The third-order valence-electron chi connectivity index (χ3n) is 6.06. The van der Waals surface area contributed by atoms with Crippen molar-refractivity contribution in [3.8, 4) is 0 Å². The van der Waals surface area contributed by atoms with E-state index in [1.165, 1.54) is 9.80 Å². The highest BCUT2D eigenvalue weighted by atomic mass is 16.4. The van der Waals surface area contributed by atoms with Crippen LogP contribution in [0.4, 0.5) is 10.5 Å². The average molecular weight is 530 g/mol. The van der Waals surface area contributed by atoms with Gasteiger partial charge in [0.2, 0.25) is 5.89 Å². The lowest BCUT2D eigenvalue weighted by molar-refractivity contribution is -0.139. The molecule has 1 aromatic heterocycles. The maximum atomic E-state index is 13.0. The zero-order valence-electron chi connectivity index (χ0n) is 22.9. The van der Waals surface area contributed by atoms with Gasteiger partial charge in [0.1, 0.15) is 17.8 Å². The van der Waals surface area contributed by atoms with E-state index in [-0.39, 0.29) is 41.7 Å². The molecular weight excluding hydrogens is 490 g/mol. The van der Waals surface area contributed by atoms with Gasteiger partial charge in [-0.25, -0.2) is 14.6 Å². The normalized spacial score (nSPS) is 12.5. The lowest BCUT2D eigenvalue weighted by atomic mass is 10.0. The number of anilines is 1. The summed E-state index contributed by atoms with van der Waals surface area (Å²) >= 11 is 0. The monoisotopic (exact) mass is 529 g/mol. The minimum absolute atomic E-state index is 0.0398. The van der Waals surface area contributed by atoms with Gasteiger partial charge in [-0.15, -0.1) is 0 Å². The molecule has 0 bridgehead atoms. The molecule has 3 amide bonds. The summed E-state index contributed by atoms with van der Waals surface area (Å²) < 4.78 is 5.79. The third kappa shape index (κ3) is 8.49. The number of hydrogen-bond donors (Lipinski definition) is 5. The maximum Gasteiger partial charge on any atom is 0.326 e. The zero-order chi connectivity index (χ0) is 28.6. The number of guanidine groups is 1. The van der Waals surface area contributed by atoms with Crippen molar-refractivity contribution in [1.82, 2.24) is 20.5 Å². The molecule has 208 valence electrons. The van der Waals surface area contributed by atoms with Crippen LogP contribution >= 0.6 is 0 Å². The number of benzene rings is 1. The first-order valence-electron chi connectivity index (χ1n) is 12.5. The van der Waals surface area contributed by atoms with Gasteiger partial charge in [-0.1, -0.05) is 31.5 Å². The highest BCUT2D eigenvalue weighted by Crippen LogP contribution is 2.24. The minimum Gasteiger partial charge on any atom is -0.480 e. The van der Waals surface area contributed by atoms with Crippen molar-refractivity contribution in [1.29, 1.82) is 5.41 Å². The molecule has 0 unspecified atom stereocenters. The molecule has 0 saturated carbocycles. The van der Waals surface area contributed by atoms with Crippen molar-refractivity contribution >= 4 is 29.6 Å². The van der Waals surface area contributed by atoms with E-state index < -0.39 is 24.0 Å². The number of aromatic nitrogens is 1. The van der Waals surface area contributed by atoms with E-state index in [0.29, 0.717) is 25.1 Å². The van der Waals surface area contributed by atoms with Gasteiger partial charge in [0, 0.05) is 26.3 Å². The molecule has 2 rings (SSSR count). The number of carboxylic acids is 1.